The number of aliphatic hydroxyl groups is 1. The number of nitrogens with two attached hydrogens (primary N) is 1. The van der Waals surface area contributed by atoms with Gasteiger partial charge in [-0.1, -0.05) is 23.7 Å². The van der Waals surface area contributed by atoms with Crippen LogP contribution in [0.1, 0.15) is 17.2 Å². The molecule has 0 radical (unpaired) electrons. The molecule has 0 aliphatic carbocycles. The number of benzene rings is 1. The van der Waals surface area contributed by atoms with Crippen LogP contribution < -0.4 is 5.73 Å². The molecule has 0 saturated carbocycles. The molecular weight excluding hydrogens is 243 g/mol. The van der Waals surface area contributed by atoms with E-state index in [4.69, 9.17) is 17.3 Å². The van der Waals surface area contributed by atoms with Crippen LogP contribution in [0.15, 0.2) is 36.5 Å². The second-order valence-electron chi connectivity index (χ2n) is 3.52. The van der Waals surface area contributed by atoms with Crippen molar-refractivity contribution in [1.29, 1.82) is 0 Å². The topological polar surface area (TPSA) is 59.1 Å². The molecule has 0 saturated heterocycles. The average molecular weight is 253 g/mol. The van der Waals surface area contributed by atoms with E-state index in [1.807, 2.05) is 0 Å². The summed E-state index contributed by atoms with van der Waals surface area (Å²) < 4.78 is 13.6. The molecule has 0 fully saturated rings. The fourth-order valence-corrected chi connectivity index (χ4v) is 1.85. The van der Waals surface area contributed by atoms with Crippen molar-refractivity contribution in [2.24, 2.45) is 0 Å². The Morgan fingerprint density at radius 3 is 2.71 bits per heavy atom. The van der Waals surface area contributed by atoms with Crippen molar-refractivity contribution in [1.82, 2.24) is 4.98 Å². The molecule has 17 heavy (non-hydrogen) atoms. The lowest BCUT2D eigenvalue weighted by atomic mass is 10.0. The van der Waals surface area contributed by atoms with E-state index < -0.39 is 11.9 Å². The Hall–Kier alpha value is -1.65. The molecule has 0 bridgehead atoms. The standard InChI is InChI=1S/C12H10ClFN2O/c13-8-4-1-5-9(14)10(8)11(17)7-3-2-6-16-12(7)15/h1-6,11,17H,(H2,15,16). The van der Waals surface area contributed by atoms with E-state index in [0.29, 0.717) is 5.56 Å². The average Bonchev–Trinajstić information content (AvgIpc) is 2.29. The highest BCUT2D eigenvalue weighted by Gasteiger charge is 2.20. The van der Waals surface area contributed by atoms with Crippen LogP contribution in [0.4, 0.5) is 10.2 Å². The number of aliphatic hydroxyl groups excluding tert-OH is 1. The van der Waals surface area contributed by atoms with Crippen LogP contribution in [-0.2, 0) is 0 Å². The van der Waals surface area contributed by atoms with Crippen LogP contribution >= 0.6 is 11.6 Å². The van der Waals surface area contributed by atoms with E-state index in [1.165, 1.54) is 24.4 Å². The molecule has 3 nitrogen and oxygen atoms in total. The fourth-order valence-electron chi connectivity index (χ4n) is 1.59. The molecule has 0 aliphatic rings. The first-order valence-electron chi connectivity index (χ1n) is 4.93. The van der Waals surface area contributed by atoms with Crippen molar-refractivity contribution in [2.45, 2.75) is 6.10 Å². The number of anilines is 1. The molecule has 1 aromatic heterocycles. The second kappa shape index (κ2) is 4.69. The van der Waals surface area contributed by atoms with E-state index in [0.717, 1.165) is 0 Å². The molecule has 1 atom stereocenters. The van der Waals surface area contributed by atoms with Crippen molar-refractivity contribution >= 4 is 17.4 Å². The predicted octanol–water partition coefficient (Wildman–Crippen LogP) is 2.54. The van der Waals surface area contributed by atoms with Gasteiger partial charge in [-0.25, -0.2) is 9.37 Å². The van der Waals surface area contributed by atoms with Gasteiger partial charge in [0.15, 0.2) is 0 Å². The first-order valence-corrected chi connectivity index (χ1v) is 5.31. The largest absolute Gasteiger partial charge is 0.383 e. The van der Waals surface area contributed by atoms with Gasteiger partial charge in [-0.05, 0) is 18.2 Å². The van der Waals surface area contributed by atoms with E-state index in [1.54, 1.807) is 12.1 Å². The third-order valence-electron chi connectivity index (χ3n) is 2.44. The summed E-state index contributed by atoms with van der Waals surface area (Å²) in [7, 11) is 0. The minimum atomic E-state index is -1.22. The van der Waals surface area contributed by atoms with Gasteiger partial charge in [-0.2, -0.15) is 0 Å². The highest BCUT2D eigenvalue weighted by molar-refractivity contribution is 6.31. The maximum Gasteiger partial charge on any atom is 0.130 e. The number of pyridine rings is 1. The molecule has 2 aromatic rings. The van der Waals surface area contributed by atoms with Gasteiger partial charge in [0.1, 0.15) is 17.7 Å². The summed E-state index contributed by atoms with van der Waals surface area (Å²) in [6.45, 7) is 0. The number of hydrogen-bond donors (Lipinski definition) is 2. The Kier molecular flexibility index (Phi) is 3.26. The molecule has 1 unspecified atom stereocenters. The minimum absolute atomic E-state index is 0.00821. The molecule has 5 heteroatoms. The summed E-state index contributed by atoms with van der Waals surface area (Å²) in [5, 5.41) is 10.2. The number of nitrogen functional groups attached to an aromatic ring is 1. The molecule has 2 rings (SSSR count). The van der Waals surface area contributed by atoms with Crippen molar-refractivity contribution in [3.63, 3.8) is 0 Å². The maximum absolute atomic E-state index is 13.6. The molecule has 1 aromatic carbocycles. The summed E-state index contributed by atoms with van der Waals surface area (Å²) in [4.78, 5) is 3.84. The van der Waals surface area contributed by atoms with Gasteiger partial charge < -0.3 is 10.8 Å². The zero-order valence-electron chi connectivity index (χ0n) is 8.77. The summed E-state index contributed by atoms with van der Waals surface area (Å²) >= 11 is 5.87. The second-order valence-corrected chi connectivity index (χ2v) is 3.92. The van der Waals surface area contributed by atoms with Crippen molar-refractivity contribution in [3.05, 3.63) is 58.5 Å². The number of rotatable bonds is 2. The van der Waals surface area contributed by atoms with Crippen LogP contribution in [-0.4, -0.2) is 10.1 Å². The van der Waals surface area contributed by atoms with Crippen LogP contribution in [0, 0.1) is 5.82 Å². The highest BCUT2D eigenvalue weighted by Crippen LogP contribution is 2.32. The molecule has 0 amide bonds. The Morgan fingerprint density at radius 2 is 2.06 bits per heavy atom. The smallest absolute Gasteiger partial charge is 0.130 e. The quantitative estimate of drug-likeness (QED) is 0.864. The third kappa shape index (κ3) is 2.23. The SMILES string of the molecule is Nc1ncccc1C(O)c1c(F)cccc1Cl. The number of halogens is 2. The summed E-state index contributed by atoms with van der Waals surface area (Å²) in [5.41, 5.74) is 5.96. The normalized spacial score (nSPS) is 12.4. The molecule has 1 heterocycles. The maximum atomic E-state index is 13.6. The molecule has 0 aliphatic heterocycles. The minimum Gasteiger partial charge on any atom is -0.383 e. The van der Waals surface area contributed by atoms with Crippen LogP contribution in [0.5, 0.6) is 0 Å². The Bertz CT molecular complexity index is 528. The summed E-state index contributed by atoms with van der Waals surface area (Å²) in [5.74, 6) is -0.424. The Labute approximate surface area is 103 Å². The number of nitrogens with zero attached hydrogens (tertiary/aromatic N) is 1. The molecule has 0 spiro atoms. The van der Waals surface area contributed by atoms with Crippen LogP contribution in [0.3, 0.4) is 0 Å². The zero-order chi connectivity index (χ0) is 12.4. The van der Waals surface area contributed by atoms with Gasteiger partial charge in [0, 0.05) is 22.3 Å². The van der Waals surface area contributed by atoms with Crippen molar-refractivity contribution < 1.29 is 9.50 Å². The lowest BCUT2D eigenvalue weighted by Gasteiger charge is -2.15. The van der Waals surface area contributed by atoms with Gasteiger partial charge in [0.2, 0.25) is 0 Å². The highest BCUT2D eigenvalue weighted by atomic mass is 35.5. The fraction of sp³-hybridized carbons (Fsp3) is 0.0833. The van der Waals surface area contributed by atoms with Crippen LogP contribution in [0.2, 0.25) is 5.02 Å². The first kappa shape index (κ1) is 11.8. The molecular formula is C12H10ClFN2O. The monoisotopic (exact) mass is 252 g/mol. The molecule has 88 valence electrons. The van der Waals surface area contributed by atoms with E-state index in [9.17, 15) is 9.50 Å². The van der Waals surface area contributed by atoms with Crippen LogP contribution in [0.25, 0.3) is 0 Å². The third-order valence-corrected chi connectivity index (χ3v) is 2.77. The van der Waals surface area contributed by atoms with Gasteiger partial charge in [0.25, 0.3) is 0 Å². The van der Waals surface area contributed by atoms with Gasteiger partial charge in [-0.3, -0.25) is 0 Å². The zero-order valence-corrected chi connectivity index (χ0v) is 9.53. The predicted molar refractivity (Wildman–Crippen MR) is 64.1 cm³/mol. The van der Waals surface area contributed by atoms with Gasteiger partial charge >= 0.3 is 0 Å². The van der Waals surface area contributed by atoms with Gasteiger partial charge in [-0.15, -0.1) is 0 Å². The van der Waals surface area contributed by atoms with E-state index in [-0.39, 0.29) is 16.4 Å². The lowest BCUT2D eigenvalue weighted by Crippen LogP contribution is -2.07. The summed E-state index contributed by atoms with van der Waals surface area (Å²) in [6.07, 6.45) is 0.270. The van der Waals surface area contributed by atoms with E-state index >= 15 is 0 Å². The number of hydrogen-bond acceptors (Lipinski definition) is 3. The Morgan fingerprint density at radius 1 is 1.29 bits per heavy atom. The Balaban J connectivity index is 2.51. The van der Waals surface area contributed by atoms with Gasteiger partial charge in [0.05, 0.1) is 0 Å². The number of aromatic nitrogens is 1. The lowest BCUT2D eigenvalue weighted by molar-refractivity contribution is 0.215. The van der Waals surface area contributed by atoms with E-state index in [2.05, 4.69) is 4.98 Å². The van der Waals surface area contributed by atoms with Crippen molar-refractivity contribution in [2.75, 3.05) is 5.73 Å². The molecule has 3 N–H and O–H groups in total. The summed E-state index contributed by atoms with van der Waals surface area (Å²) in [6, 6.07) is 7.41. The first-order chi connectivity index (χ1) is 8.11. The van der Waals surface area contributed by atoms with Crippen molar-refractivity contribution in [3.8, 4) is 0 Å².